The molecule has 0 aromatic carbocycles. The number of amides is 1. The summed E-state index contributed by atoms with van der Waals surface area (Å²) >= 11 is 5.92. The highest BCUT2D eigenvalue weighted by molar-refractivity contribution is 6.38. The number of primary amides is 1. The summed E-state index contributed by atoms with van der Waals surface area (Å²) in [7, 11) is 0. The van der Waals surface area contributed by atoms with Gasteiger partial charge in [0.15, 0.2) is 0 Å². The van der Waals surface area contributed by atoms with Crippen LogP contribution in [0.25, 0.3) is 11.0 Å². The van der Waals surface area contributed by atoms with E-state index in [1.807, 2.05) is 0 Å². The normalized spacial score (nSPS) is 10.5. The van der Waals surface area contributed by atoms with Gasteiger partial charge in [-0.1, -0.05) is 11.6 Å². The van der Waals surface area contributed by atoms with E-state index in [9.17, 15) is 4.79 Å². The number of nitrogens with one attached hydrogen (secondary N) is 1. The van der Waals surface area contributed by atoms with Crippen molar-refractivity contribution in [2.24, 2.45) is 5.73 Å². The molecule has 13 heavy (non-hydrogen) atoms. The van der Waals surface area contributed by atoms with Gasteiger partial charge in [0, 0.05) is 17.8 Å². The van der Waals surface area contributed by atoms with Crippen LogP contribution in [0.4, 0.5) is 0 Å². The molecule has 2 aromatic rings. The Labute approximate surface area is 78.7 Å². The molecule has 0 aliphatic heterocycles. The summed E-state index contributed by atoms with van der Waals surface area (Å²) in [5.41, 5.74) is 5.99. The average Bonchev–Trinajstić information content (AvgIpc) is 2.52. The van der Waals surface area contributed by atoms with Gasteiger partial charge in [-0.3, -0.25) is 4.79 Å². The van der Waals surface area contributed by atoms with Crippen LogP contribution in [-0.2, 0) is 0 Å². The topological polar surface area (TPSA) is 71.8 Å². The second kappa shape index (κ2) is 2.74. The molecule has 1 amide bonds. The van der Waals surface area contributed by atoms with Crippen molar-refractivity contribution in [3.8, 4) is 0 Å². The van der Waals surface area contributed by atoms with Gasteiger partial charge in [0.25, 0.3) is 5.91 Å². The zero-order chi connectivity index (χ0) is 9.42. The van der Waals surface area contributed by atoms with Crippen molar-refractivity contribution < 1.29 is 4.79 Å². The minimum atomic E-state index is -0.569. The van der Waals surface area contributed by atoms with E-state index in [1.165, 1.54) is 6.20 Å². The Kier molecular flexibility index (Phi) is 1.70. The smallest absolute Gasteiger partial charge is 0.251 e. The first-order chi connectivity index (χ1) is 6.20. The number of H-pyrrole nitrogens is 1. The molecule has 5 heteroatoms. The highest BCUT2D eigenvalue weighted by atomic mass is 35.5. The molecule has 2 heterocycles. The first kappa shape index (κ1) is 8.07. The number of aromatic amines is 1. The average molecular weight is 196 g/mol. The lowest BCUT2D eigenvalue weighted by molar-refractivity contribution is 0.100. The van der Waals surface area contributed by atoms with Gasteiger partial charge in [-0.25, -0.2) is 4.98 Å². The van der Waals surface area contributed by atoms with E-state index < -0.39 is 5.91 Å². The molecule has 0 aliphatic carbocycles. The van der Waals surface area contributed by atoms with Crippen molar-refractivity contribution in [3.05, 3.63) is 29.0 Å². The number of carbonyl (C=O) groups excluding carboxylic acids is 1. The van der Waals surface area contributed by atoms with Crippen molar-refractivity contribution in [2.75, 3.05) is 0 Å². The number of nitrogens with two attached hydrogens (primary N) is 1. The van der Waals surface area contributed by atoms with Gasteiger partial charge in [-0.05, 0) is 6.07 Å². The fourth-order valence-corrected chi connectivity index (χ4v) is 1.44. The maximum absolute atomic E-state index is 10.9. The highest BCUT2D eigenvalue weighted by Crippen LogP contribution is 2.24. The van der Waals surface area contributed by atoms with Crippen LogP contribution in [0.5, 0.6) is 0 Å². The van der Waals surface area contributed by atoms with Crippen molar-refractivity contribution in [3.63, 3.8) is 0 Å². The van der Waals surface area contributed by atoms with Crippen molar-refractivity contribution >= 4 is 28.5 Å². The SMILES string of the molecule is NC(=O)c1cnc2[nH]ccc2c1Cl. The van der Waals surface area contributed by atoms with Crippen LogP contribution in [0, 0.1) is 0 Å². The third-order valence-electron chi connectivity index (χ3n) is 1.79. The summed E-state index contributed by atoms with van der Waals surface area (Å²) < 4.78 is 0. The van der Waals surface area contributed by atoms with Gasteiger partial charge in [0.2, 0.25) is 0 Å². The van der Waals surface area contributed by atoms with Gasteiger partial charge in [-0.2, -0.15) is 0 Å². The van der Waals surface area contributed by atoms with Gasteiger partial charge in [0.05, 0.1) is 10.6 Å². The maximum Gasteiger partial charge on any atom is 0.251 e. The van der Waals surface area contributed by atoms with Gasteiger partial charge >= 0.3 is 0 Å². The van der Waals surface area contributed by atoms with Crippen LogP contribution in [0.1, 0.15) is 10.4 Å². The Morgan fingerprint density at radius 3 is 3.08 bits per heavy atom. The van der Waals surface area contributed by atoms with E-state index in [2.05, 4.69) is 9.97 Å². The molecule has 66 valence electrons. The second-order valence-electron chi connectivity index (χ2n) is 2.59. The van der Waals surface area contributed by atoms with E-state index in [0.29, 0.717) is 16.1 Å². The lowest BCUT2D eigenvalue weighted by Gasteiger charge is -1.98. The van der Waals surface area contributed by atoms with Crippen LogP contribution in [0.2, 0.25) is 5.02 Å². The van der Waals surface area contributed by atoms with Crippen LogP contribution < -0.4 is 5.73 Å². The summed E-state index contributed by atoms with van der Waals surface area (Å²) in [5.74, 6) is -0.569. The number of nitrogens with zero attached hydrogens (tertiary/aromatic N) is 1. The minimum absolute atomic E-state index is 0.244. The molecule has 0 aliphatic rings. The summed E-state index contributed by atoms with van der Waals surface area (Å²) in [5, 5.41) is 1.05. The molecule has 0 saturated carbocycles. The van der Waals surface area contributed by atoms with E-state index >= 15 is 0 Å². The number of rotatable bonds is 1. The number of aromatic nitrogens is 2. The lowest BCUT2D eigenvalue weighted by Crippen LogP contribution is -2.11. The second-order valence-corrected chi connectivity index (χ2v) is 2.97. The fraction of sp³-hybridized carbons (Fsp3) is 0. The first-order valence-corrected chi connectivity index (χ1v) is 3.99. The minimum Gasteiger partial charge on any atom is -0.366 e. The lowest BCUT2D eigenvalue weighted by atomic mass is 10.2. The van der Waals surface area contributed by atoms with Crippen LogP contribution in [0.3, 0.4) is 0 Å². The van der Waals surface area contributed by atoms with Crippen molar-refractivity contribution in [1.82, 2.24) is 9.97 Å². The van der Waals surface area contributed by atoms with E-state index in [0.717, 1.165) is 0 Å². The Morgan fingerprint density at radius 1 is 1.62 bits per heavy atom. The van der Waals surface area contributed by atoms with E-state index in [4.69, 9.17) is 17.3 Å². The zero-order valence-corrected chi connectivity index (χ0v) is 7.30. The number of hydrogen-bond donors (Lipinski definition) is 2. The fourth-order valence-electron chi connectivity index (χ4n) is 1.15. The maximum atomic E-state index is 10.9. The molecule has 0 saturated heterocycles. The molecule has 0 bridgehead atoms. The molecular weight excluding hydrogens is 190 g/mol. The quantitative estimate of drug-likeness (QED) is 0.720. The number of carbonyl (C=O) groups is 1. The van der Waals surface area contributed by atoms with Crippen LogP contribution >= 0.6 is 11.6 Å². The molecule has 0 fully saturated rings. The number of hydrogen-bond acceptors (Lipinski definition) is 2. The number of pyridine rings is 1. The molecule has 0 radical (unpaired) electrons. The molecule has 3 N–H and O–H groups in total. The zero-order valence-electron chi connectivity index (χ0n) is 6.54. The monoisotopic (exact) mass is 195 g/mol. The van der Waals surface area contributed by atoms with Gasteiger partial charge in [-0.15, -0.1) is 0 Å². The highest BCUT2D eigenvalue weighted by Gasteiger charge is 2.10. The van der Waals surface area contributed by atoms with Gasteiger partial charge in [0.1, 0.15) is 5.65 Å². The molecule has 4 nitrogen and oxygen atoms in total. The Hall–Kier alpha value is -1.55. The van der Waals surface area contributed by atoms with Crippen LogP contribution in [0.15, 0.2) is 18.5 Å². The standard InChI is InChI=1S/C8H6ClN3O/c9-6-4-1-2-11-8(4)12-3-5(6)7(10)13/h1-3H,(H2,10,13)(H,11,12). The number of halogens is 1. The molecule has 0 atom stereocenters. The summed E-state index contributed by atoms with van der Waals surface area (Å²) in [4.78, 5) is 17.7. The third-order valence-corrected chi connectivity index (χ3v) is 2.19. The largest absolute Gasteiger partial charge is 0.366 e. The Bertz CT molecular complexity index is 477. The molecule has 0 unspecified atom stereocenters. The van der Waals surface area contributed by atoms with Crippen LogP contribution in [-0.4, -0.2) is 15.9 Å². The van der Waals surface area contributed by atoms with Gasteiger partial charge < -0.3 is 10.7 Å². The molecular formula is C8H6ClN3O. The Morgan fingerprint density at radius 2 is 2.38 bits per heavy atom. The third kappa shape index (κ3) is 1.15. The molecule has 0 spiro atoms. The van der Waals surface area contributed by atoms with Crippen molar-refractivity contribution in [2.45, 2.75) is 0 Å². The van der Waals surface area contributed by atoms with E-state index in [1.54, 1.807) is 12.3 Å². The van der Waals surface area contributed by atoms with E-state index in [-0.39, 0.29) is 5.56 Å². The molecule has 2 rings (SSSR count). The first-order valence-electron chi connectivity index (χ1n) is 3.61. The summed E-state index contributed by atoms with van der Waals surface area (Å²) in [6.45, 7) is 0. The predicted octanol–water partition coefficient (Wildman–Crippen LogP) is 1.32. The van der Waals surface area contributed by atoms with Crippen molar-refractivity contribution in [1.29, 1.82) is 0 Å². The summed E-state index contributed by atoms with van der Waals surface area (Å²) in [6, 6.07) is 1.75. The predicted molar refractivity (Wildman–Crippen MR) is 49.6 cm³/mol. The Balaban J connectivity index is 2.80. The number of fused-ring (bicyclic) bond motifs is 1. The molecule has 2 aromatic heterocycles. The summed E-state index contributed by atoms with van der Waals surface area (Å²) in [6.07, 6.45) is 3.07.